The summed E-state index contributed by atoms with van der Waals surface area (Å²) in [5, 5.41) is 31.8. The number of aliphatic hydroxyl groups excluding tert-OH is 3. The molecule has 0 radical (unpaired) electrons. The van der Waals surface area contributed by atoms with Crippen molar-refractivity contribution in [3.63, 3.8) is 0 Å². The molecule has 2 fully saturated rings. The van der Waals surface area contributed by atoms with Crippen molar-refractivity contribution >= 4 is 11.6 Å². The molecule has 1 saturated heterocycles. The van der Waals surface area contributed by atoms with Crippen LogP contribution in [0.2, 0.25) is 5.02 Å². The van der Waals surface area contributed by atoms with Crippen molar-refractivity contribution in [2.24, 2.45) is 5.92 Å². The van der Waals surface area contributed by atoms with Crippen LogP contribution in [0, 0.1) is 5.92 Å². The van der Waals surface area contributed by atoms with E-state index in [0.717, 1.165) is 30.4 Å². The average Bonchev–Trinajstić information content (AvgIpc) is 2.82. The lowest BCUT2D eigenvalue weighted by molar-refractivity contribution is -0.233. The lowest BCUT2D eigenvalue weighted by atomic mass is 9.76. The molecule has 2 aliphatic rings. The Morgan fingerprint density at radius 2 is 1.62 bits per heavy atom. The molecular weight excluding hydrogens is 428 g/mol. The largest absolute Gasteiger partial charge is 0.388 e. The van der Waals surface area contributed by atoms with Crippen LogP contribution in [-0.2, 0) is 15.9 Å². The van der Waals surface area contributed by atoms with Crippen LogP contribution in [0.25, 0.3) is 0 Å². The van der Waals surface area contributed by atoms with E-state index in [-0.39, 0.29) is 6.61 Å². The van der Waals surface area contributed by atoms with Crippen molar-refractivity contribution in [1.82, 2.24) is 0 Å². The zero-order valence-corrected chi connectivity index (χ0v) is 19.2. The average molecular weight is 461 g/mol. The van der Waals surface area contributed by atoms with Gasteiger partial charge < -0.3 is 24.8 Å². The summed E-state index contributed by atoms with van der Waals surface area (Å²) in [4.78, 5) is 0. The van der Waals surface area contributed by atoms with Crippen molar-refractivity contribution in [3.8, 4) is 0 Å². The molecule has 1 heterocycles. The van der Waals surface area contributed by atoms with E-state index in [1.165, 1.54) is 25.5 Å². The first-order valence-corrected chi connectivity index (χ1v) is 11.9. The van der Waals surface area contributed by atoms with E-state index in [2.05, 4.69) is 30.3 Å². The topological polar surface area (TPSA) is 79.2 Å². The maximum absolute atomic E-state index is 10.6. The van der Waals surface area contributed by atoms with Crippen molar-refractivity contribution in [2.45, 2.75) is 68.5 Å². The molecule has 174 valence electrons. The molecule has 1 aliphatic carbocycles. The molecule has 0 amide bonds. The fraction of sp³-hybridized carbons (Fsp3) is 0.538. The van der Waals surface area contributed by atoms with Gasteiger partial charge in [-0.2, -0.15) is 0 Å². The number of aliphatic hydroxyl groups is 3. The molecule has 32 heavy (non-hydrogen) atoms. The molecule has 2 aromatic rings. The molecule has 3 N–H and O–H groups in total. The highest BCUT2D eigenvalue weighted by molar-refractivity contribution is 6.31. The molecular formula is C26H33ClO5. The molecule has 1 aliphatic heterocycles. The minimum absolute atomic E-state index is 0.131. The summed E-state index contributed by atoms with van der Waals surface area (Å²) in [6.45, 7) is 0.131. The van der Waals surface area contributed by atoms with E-state index in [9.17, 15) is 15.3 Å². The van der Waals surface area contributed by atoms with E-state index < -0.39 is 30.5 Å². The second-order valence-electron chi connectivity index (χ2n) is 9.21. The minimum atomic E-state index is -1.30. The summed E-state index contributed by atoms with van der Waals surface area (Å²) >= 11 is 6.53. The van der Waals surface area contributed by atoms with Gasteiger partial charge in [-0.05, 0) is 66.7 Å². The Bertz CT molecular complexity index is 868. The molecule has 5 nitrogen and oxygen atoms in total. The predicted octanol–water partition coefficient (Wildman–Crippen LogP) is 4.03. The zero-order valence-electron chi connectivity index (χ0n) is 18.4. The second-order valence-corrected chi connectivity index (χ2v) is 9.61. The Hall–Kier alpha value is -1.47. The molecule has 4 rings (SSSR count). The molecule has 6 heteroatoms. The Morgan fingerprint density at radius 3 is 2.31 bits per heavy atom. The highest BCUT2D eigenvalue weighted by Crippen LogP contribution is 2.39. The third kappa shape index (κ3) is 5.19. The summed E-state index contributed by atoms with van der Waals surface area (Å²) in [5.74, 6) is 1.19. The molecule has 0 bridgehead atoms. The second kappa shape index (κ2) is 10.6. The third-order valence-electron chi connectivity index (χ3n) is 7.07. The van der Waals surface area contributed by atoms with Gasteiger partial charge in [-0.15, -0.1) is 0 Å². The summed E-state index contributed by atoms with van der Waals surface area (Å²) in [7, 11) is 1.51. The lowest BCUT2D eigenvalue weighted by Gasteiger charge is -2.40. The lowest BCUT2D eigenvalue weighted by Crippen LogP contribution is -2.55. The SMILES string of the molecule is COC[C@H]1O[C@@H](c2ccc(Cl)c(CC3CCC(c4ccccc4)CC3)c2)[C@H](O)[C@@H](O)[C@@H]1O. The molecule has 2 aromatic carbocycles. The normalized spacial score (nSPS) is 33.2. The van der Waals surface area contributed by atoms with Crippen molar-refractivity contribution < 1.29 is 24.8 Å². The fourth-order valence-electron chi connectivity index (χ4n) is 5.19. The monoisotopic (exact) mass is 460 g/mol. The van der Waals surface area contributed by atoms with Gasteiger partial charge in [0.25, 0.3) is 0 Å². The van der Waals surface area contributed by atoms with Crippen LogP contribution in [0.4, 0.5) is 0 Å². The Labute approximate surface area is 194 Å². The van der Waals surface area contributed by atoms with Crippen LogP contribution < -0.4 is 0 Å². The van der Waals surface area contributed by atoms with Crippen LogP contribution in [0.5, 0.6) is 0 Å². The van der Waals surface area contributed by atoms with Crippen molar-refractivity contribution in [3.05, 3.63) is 70.2 Å². The van der Waals surface area contributed by atoms with E-state index in [0.29, 0.717) is 16.9 Å². The summed E-state index contributed by atoms with van der Waals surface area (Å²) in [6.07, 6.45) is 0.353. The molecule has 0 spiro atoms. The smallest absolute Gasteiger partial charge is 0.113 e. The van der Waals surface area contributed by atoms with E-state index in [1.54, 1.807) is 0 Å². The van der Waals surface area contributed by atoms with E-state index in [1.807, 2.05) is 18.2 Å². The van der Waals surface area contributed by atoms with Crippen molar-refractivity contribution in [1.29, 1.82) is 0 Å². The predicted molar refractivity (Wildman–Crippen MR) is 124 cm³/mol. The number of benzene rings is 2. The number of halogens is 1. The first-order chi connectivity index (χ1) is 15.5. The van der Waals surface area contributed by atoms with E-state index in [4.69, 9.17) is 21.1 Å². The van der Waals surface area contributed by atoms with Crippen molar-refractivity contribution in [2.75, 3.05) is 13.7 Å². The highest BCUT2D eigenvalue weighted by Gasteiger charge is 2.44. The Morgan fingerprint density at radius 1 is 0.906 bits per heavy atom. The third-order valence-corrected chi connectivity index (χ3v) is 7.44. The number of hydrogen-bond donors (Lipinski definition) is 3. The van der Waals surface area contributed by atoms with Gasteiger partial charge in [0, 0.05) is 12.1 Å². The van der Waals surface area contributed by atoms with Crippen LogP contribution in [0.1, 0.15) is 54.4 Å². The van der Waals surface area contributed by atoms with Crippen LogP contribution >= 0.6 is 11.6 Å². The van der Waals surface area contributed by atoms with Gasteiger partial charge in [-0.1, -0.05) is 54.1 Å². The number of rotatable bonds is 6. The fourth-order valence-corrected chi connectivity index (χ4v) is 5.39. The molecule has 0 unspecified atom stereocenters. The quantitative estimate of drug-likeness (QED) is 0.606. The molecule has 5 atom stereocenters. The van der Waals surface area contributed by atoms with Gasteiger partial charge in [-0.25, -0.2) is 0 Å². The van der Waals surface area contributed by atoms with Gasteiger partial charge in [-0.3, -0.25) is 0 Å². The maximum Gasteiger partial charge on any atom is 0.113 e. The standard InChI is InChI=1S/C26H33ClO5/c1-31-15-22-23(28)24(29)25(30)26(32-22)19-11-12-21(27)20(14-19)13-16-7-9-18(10-8-16)17-5-3-2-4-6-17/h2-6,11-12,14,16,18,22-26,28-30H,7-10,13,15H2,1H3/t16?,18?,22-,23-,24+,25-,26+/m1/s1. The first kappa shape index (κ1) is 23.7. The van der Waals surface area contributed by atoms with Crippen LogP contribution in [-0.4, -0.2) is 53.5 Å². The van der Waals surface area contributed by atoms with Gasteiger partial charge >= 0.3 is 0 Å². The molecule has 0 aromatic heterocycles. The van der Waals surface area contributed by atoms with Gasteiger partial charge in [0.1, 0.15) is 30.5 Å². The highest BCUT2D eigenvalue weighted by atomic mass is 35.5. The molecule has 1 saturated carbocycles. The summed E-state index contributed by atoms with van der Waals surface area (Å²) in [6, 6.07) is 16.4. The van der Waals surface area contributed by atoms with Gasteiger partial charge in [0.2, 0.25) is 0 Å². The van der Waals surface area contributed by atoms with Gasteiger partial charge in [0.05, 0.1) is 6.61 Å². The van der Waals surface area contributed by atoms with E-state index >= 15 is 0 Å². The number of methoxy groups -OCH3 is 1. The minimum Gasteiger partial charge on any atom is -0.388 e. The van der Waals surface area contributed by atoms with Crippen LogP contribution in [0.15, 0.2) is 48.5 Å². The Kier molecular flexibility index (Phi) is 7.87. The summed E-state index contributed by atoms with van der Waals surface area (Å²) < 4.78 is 11.0. The Balaban J connectivity index is 1.44. The zero-order chi connectivity index (χ0) is 22.7. The number of ether oxygens (including phenoxy) is 2. The first-order valence-electron chi connectivity index (χ1n) is 11.5. The maximum atomic E-state index is 10.6. The summed E-state index contributed by atoms with van der Waals surface area (Å²) in [5.41, 5.74) is 3.22. The van der Waals surface area contributed by atoms with Crippen LogP contribution in [0.3, 0.4) is 0 Å². The number of hydrogen-bond acceptors (Lipinski definition) is 5. The van der Waals surface area contributed by atoms with Gasteiger partial charge in [0.15, 0.2) is 0 Å².